The van der Waals surface area contributed by atoms with Crippen LogP contribution in [-0.4, -0.2) is 19.1 Å². The number of ether oxygens (including phenoxy) is 1. The topological polar surface area (TPSA) is 63.5 Å². The van der Waals surface area contributed by atoms with E-state index in [4.69, 9.17) is 9.15 Å². The lowest BCUT2D eigenvalue weighted by molar-refractivity contribution is -0.119. The number of unbranched alkanes of at least 4 members (excludes halogenated alkanes) is 1. The maximum absolute atomic E-state index is 11.8. The van der Waals surface area contributed by atoms with Gasteiger partial charge in [0.2, 0.25) is 5.91 Å². The molecule has 0 aliphatic carbocycles. The van der Waals surface area contributed by atoms with Crippen LogP contribution in [0.1, 0.15) is 25.5 Å². The van der Waals surface area contributed by atoms with Crippen molar-refractivity contribution in [2.75, 3.05) is 18.5 Å². The Hall–Kier alpha value is -2.43. The molecule has 2 N–H and O–H groups in total. The van der Waals surface area contributed by atoms with Crippen LogP contribution in [0.15, 0.2) is 47.1 Å². The largest absolute Gasteiger partial charge is 0.494 e. The SMILES string of the molecule is CCCCOc1cccc(NCC(=O)NCc2ccco2)c1. The normalized spacial score (nSPS) is 10.2. The van der Waals surface area contributed by atoms with Gasteiger partial charge in [-0.2, -0.15) is 0 Å². The number of anilines is 1. The van der Waals surface area contributed by atoms with Crippen LogP contribution in [0, 0.1) is 0 Å². The maximum Gasteiger partial charge on any atom is 0.239 e. The molecular weight excluding hydrogens is 280 g/mol. The van der Waals surface area contributed by atoms with Crippen LogP contribution < -0.4 is 15.4 Å². The molecule has 2 aromatic rings. The summed E-state index contributed by atoms with van der Waals surface area (Å²) < 4.78 is 10.8. The molecule has 0 saturated heterocycles. The molecule has 0 saturated carbocycles. The molecule has 1 amide bonds. The lowest BCUT2D eigenvalue weighted by Crippen LogP contribution is -2.29. The van der Waals surface area contributed by atoms with E-state index >= 15 is 0 Å². The molecule has 1 aromatic carbocycles. The van der Waals surface area contributed by atoms with Crippen molar-refractivity contribution in [3.63, 3.8) is 0 Å². The van der Waals surface area contributed by atoms with E-state index in [0.717, 1.165) is 30.0 Å². The fourth-order valence-corrected chi connectivity index (χ4v) is 1.87. The molecule has 2 rings (SSSR count). The molecule has 0 fully saturated rings. The fraction of sp³-hybridized carbons (Fsp3) is 0.353. The predicted molar refractivity (Wildman–Crippen MR) is 85.9 cm³/mol. The third-order valence-electron chi connectivity index (χ3n) is 3.09. The van der Waals surface area contributed by atoms with E-state index in [0.29, 0.717) is 13.2 Å². The minimum absolute atomic E-state index is 0.0892. The Labute approximate surface area is 130 Å². The van der Waals surface area contributed by atoms with Gasteiger partial charge in [0.25, 0.3) is 0 Å². The molecule has 0 radical (unpaired) electrons. The van der Waals surface area contributed by atoms with Crippen molar-refractivity contribution in [1.29, 1.82) is 0 Å². The lowest BCUT2D eigenvalue weighted by Gasteiger charge is -2.09. The first kappa shape index (κ1) is 15.9. The first-order chi connectivity index (χ1) is 10.8. The van der Waals surface area contributed by atoms with Gasteiger partial charge in [-0.15, -0.1) is 0 Å². The van der Waals surface area contributed by atoms with Gasteiger partial charge in [-0.1, -0.05) is 19.4 Å². The molecule has 1 aromatic heterocycles. The minimum Gasteiger partial charge on any atom is -0.494 e. The van der Waals surface area contributed by atoms with Crippen LogP contribution in [0.5, 0.6) is 5.75 Å². The highest BCUT2D eigenvalue weighted by Gasteiger charge is 2.03. The second-order valence-electron chi connectivity index (χ2n) is 4.94. The second kappa shape index (κ2) is 8.77. The summed E-state index contributed by atoms with van der Waals surface area (Å²) in [4.78, 5) is 11.8. The number of benzene rings is 1. The lowest BCUT2D eigenvalue weighted by atomic mass is 10.3. The van der Waals surface area contributed by atoms with Gasteiger partial charge in [-0.3, -0.25) is 4.79 Å². The standard InChI is InChI=1S/C17H22N2O3/c1-2-3-9-21-15-7-4-6-14(11-15)18-13-17(20)19-12-16-8-5-10-22-16/h4-8,10-11,18H,2-3,9,12-13H2,1H3,(H,19,20). The van der Waals surface area contributed by atoms with Gasteiger partial charge in [0.05, 0.1) is 26.0 Å². The molecule has 0 bridgehead atoms. The van der Waals surface area contributed by atoms with Crippen molar-refractivity contribution in [2.45, 2.75) is 26.3 Å². The Balaban J connectivity index is 1.73. The number of rotatable bonds is 9. The van der Waals surface area contributed by atoms with Crippen LogP contribution in [0.2, 0.25) is 0 Å². The molecule has 5 nitrogen and oxygen atoms in total. The second-order valence-corrected chi connectivity index (χ2v) is 4.94. The number of nitrogens with one attached hydrogen (secondary N) is 2. The molecule has 0 aliphatic heterocycles. The smallest absolute Gasteiger partial charge is 0.239 e. The Morgan fingerprint density at radius 2 is 2.18 bits per heavy atom. The third kappa shape index (κ3) is 5.52. The Morgan fingerprint density at radius 3 is 2.95 bits per heavy atom. The Morgan fingerprint density at radius 1 is 1.27 bits per heavy atom. The van der Waals surface area contributed by atoms with Gasteiger partial charge < -0.3 is 19.8 Å². The highest BCUT2D eigenvalue weighted by Crippen LogP contribution is 2.17. The number of amides is 1. The summed E-state index contributed by atoms with van der Waals surface area (Å²) in [7, 11) is 0. The average Bonchev–Trinajstić information content (AvgIpc) is 3.05. The quantitative estimate of drug-likeness (QED) is 0.698. The van der Waals surface area contributed by atoms with E-state index < -0.39 is 0 Å². The number of hydrogen-bond donors (Lipinski definition) is 2. The van der Waals surface area contributed by atoms with Crippen molar-refractivity contribution in [3.05, 3.63) is 48.4 Å². The molecule has 1 heterocycles. The van der Waals surface area contributed by atoms with Gasteiger partial charge >= 0.3 is 0 Å². The van der Waals surface area contributed by atoms with Gasteiger partial charge in [0.1, 0.15) is 11.5 Å². The molecule has 0 unspecified atom stereocenters. The van der Waals surface area contributed by atoms with Crippen molar-refractivity contribution >= 4 is 11.6 Å². The molecular formula is C17H22N2O3. The van der Waals surface area contributed by atoms with Gasteiger partial charge in [0, 0.05) is 11.8 Å². The summed E-state index contributed by atoms with van der Waals surface area (Å²) in [5, 5.41) is 5.87. The highest BCUT2D eigenvalue weighted by atomic mass is 16.5. The van der Waals surface area contributed by atoms with Gasteiger partial charge in [-0.05, 0) is 30.7 Å². The summed E-state index contributed by atoms with van der Waals surface area (Å²) in [6.07, 6.45) is 3.73. The molecule has 5 heteroatoms. The third-order valence-corrected chi connectivity index (χ3v) is 3.09. The first-order valence-corrected chi connectivity index (χ1v) is 7.53. The Bertz CT molecular complexity index is 567. The van der Waals surface area contributed by atoms with Crippen LogP contribution in [0.25, 0.3) is 0 Å². The molecule has 22 heavy (non-hydrogen) atoms. The maximum atomic E-state index is 11.8. The van der Waals surface area contributed by atoms with Crippen LogP contribution in [-0.2, 0) is 11.3 Å². The first-order valence-electron chi connectivity index (χ1n) is 7.53. The summed E-state index contributed by atoms with van der Waals surface area (Å²) in [6, 6.07) is 11.2. The van der Waals surface area contributed by atoms with E-state index in [2.05, 4.69) is 17.6 Å². The number of hydrogen-bond acceptors (Lipinski definition) is 4. The Kier molecular flexibility index (Phi) is 6.36. The van der Waals surface area contributed by atoms with E-state index in [1.165, 1.54) is 0 Å². The zero-order valence-corrected chi connectivity index (χ0v) is 12.8. The summed E-state index contributed by atoms with van der Waals surface area (Å²) in [5.74, 6) is 1.46. The minimum atomic E-state index is -0.0892. The van der Waals surface area contributed by atoms with Crippen molar-refractivity contribution in [1.82, 2.24) is 5.32 Å². The summed E-state index contributed by atoms with van der Waals surface area (Å²) in [6.45, 7) is 3.44. The zero-order chi connectivity index (χ0) is 15.6. The summed E-state index contributed by atoms with van der Waals surface area (Å²) in [5.41, 5.74) is 0.863. The fourth-order valence-electron chi connectivity index (χ4n) is 1.87. The van der Waals surface area contributed by atoms with E-state index in [1.54, 1.807) is 12.3 Å². The van der Waals surface area contributed by atoms with E-state index in [-0.39, 0.29) is 12.5 Å². The molecule has 0 atom stereocenters. The van der Waals surface area contributed by atoms with E-state index in [9.17, 15) is 4.79 Å². The predicted octanol–water partition coefficient (Wildman–Crippen LogP) is 3.19. The van der Waals surface area contributed by atoms with E-state index in [1.807, 2.05) is 30.3 Å². The summed E-state index contributed by atoms with van der Waals surface area (Å²) >= 11 is 0. The average molecular weight is 302 g/mol. The zero-order valence-electron chi connectivity index (χ0n) is 12.8. The molecule has 0 spiro atoms. The number of furan rings is 1. The highest BCUT2D eigenvalue weighted by molar-refractivity contribution is 5.80. The number of carbonyl (C=O) groups excluding carboxylic acids is 1. The van der Waals surface area contributed by atoms with Crippen molar-refractivity contribution in [3.8, 4) is 5.75 Å². The number of carbonyl (C=O) groups is 1. The van der Waals surface area contributed by atoms with Crippen LogP contribution in [0.3, 0.4) is 0 Å². The van der Waals surface area contributed by atoms with Gasteiger partial charge in [-0.25, -0.2) is 0 Å². The van der Waals surface area contributed by atoms with Gasteiger partial charge in [0.15, 0.2) is 0 Å². The van der Waals surface area contributed by atoms with Crippen LogP contribution in [0.4, 0.5) is 5.69 Å². The molecule has 118 valence electrons. The van der Waals surface area contributed by atoms with Crippen molar-refractivity contribution in [2.24, 2.45) is 0 Å². The van der Waals surface area contributed by atoms with Crippen LogP contribution >= 0.6 is 0 Å². The molecule has 0 aliphatic rings. The monoisotopic (exact) mass is 302 g/mol. The van der Waals surface area contributed by atoms with Crippen molar-refractivity contribution < 1.29 is 13.9 Å².